The maximum atomic E-state index is 13.1. The summed E-state index contributed by atoms with van der Waals surface area (Å²) in [5, 5.41) is 8.42. The minimum Gasteiger partial charge on any atom is -0.461 e. The van der Waals surface area contributed by atoms with Crippen molar-refractivity contribution in [1.29, 1.82) is 0 Å². The fraction of sp³-hybridized carbons (Fsp3) is 0.316. The molecule has 1 fully saturated rings. The molecule has 1 amide bonds. The van der Waals surface area contributed by atoms with Crippen molar-refractivity contribution in [3.05, 3.63) is 54.3 Å². The van der Waals surface area contributed by atoms with Crippen molar-refractivity contribution in [2.24, 2.45) is 0 Å². The summed E-state index contributed by atoms with van der Waals surface area (Å²) < 4.78 is 30.5. The average molecular weight is 448 g/mol. The lowest BCUT2D eigenvalue weighted by Gasteiger charge is -2.28. The number of hydrogen-bond donors (Lipinski definition) is 1. The number of amides is 1. The van der Waals surface area contributed by atoms with Gasteiger partial charge in [-0.2, -0.15) is 0 Å². The van der Waals surface area contributed by atoms with Crippen molar-refractivity contribution in [3.8, 4) is 11.6 Å². The van der Waals surface area contributed by atoms with E-state index in [-0.39, 0.29) is 29.2 Å². The predicted molar refractivity (Wildman–Crippen MR) is 113 cm³/mol. The molecule has 1 atom stereocenters. The Labute approximate surface area is 178 Å². The lowest BCUT2D eigenvalue weighted by Crippen LogP contribution is -2.41. The van der Waals surface area contributed by atoms with Crippen molar-refractivity contribution < 1.29 is 17.6 Å². The highest BCUT2D eigenvalue weighted by Gasteiger charge is 2.34. The summed E-state index contributed by atoms with van der Waals surface area (Å²) in [6, 6.07) is 12.6. The minimum atomic E-state index is -3.12. The number of nitrogens with zero attached hydrogens (tertiary/aromatic N) is 4. The van der Waals surface area contributed by atoms with Crippen LogP contribution >= 0.6 is 11.8 Å². The molecule has 30 heavy (non-hydrogen) atoms. The van der Waals surface area contributed by atoms with E-state index >= 15 is 0 Å². The molecule has 0 radical (unpaired) electrons. The van der Waals surface area contributed by atoms with Crippen LogP contribution in [0.25, 0.3) is 11.6 Å². The fourth-order valence-corrected chi connectivity index (χ4v) is 5.85. The van der Waals surface area contributed by atoms with Gasteiger partial charge in [0.1, 0.15) is 0 Å². The van der Waals surface area contributed by atoms with Crippen molar-refractivity contribution in [2.75, 3.05) is 23.1 Å². The van der Waals surface area contributed by atoms with Gasteiger partial charge in [-0.3, -0.25) is 4.79 Å². The number of benzene rings is 1. The second-order valence-electron chi connectivity index (χ2n) is 7.01. The van der Waals surface area contributed by atoms with Crippen LogP contribution in [0.5, 0.6) is 0 Å². The first-order valence-corrected chi connectivity index (χ1v) is 12.1. The van der Waals surface area contributed by atoms with Crippen LogP contribution in [0.15, 0.2) is 58.3 Å². The van der Waals surface area contributed by atoms with E-state index in [1.165, 1.54) is 10.9 Å². The summed E-state index contributed by atoms with van der Waals surface area (Å²) in [6.45, 7) is 0.355. The van der Waals surface area contributed by atoms with Gasteiger partial charge in [0.25, 0.3) is 0 Å². The van der Waals surface area contributed by atoms with Gasteiger partial charge >= 0.3 is 0 Å². The molecule has 3 aromatic rings. The number of sulfone groups is 1. The summed E-state index contributed by atoms with van der Waals surface area (Å²) in [7, 11) is -3.12. The zero-order valence-corrected chi connectivity index (χ0v) is 17.7. The molecule has 0 aliphatic carbocycles. The summed E-state index contributed by atoms with van der Waals surface area (Å²) in [6.07, 6.45) is 1.96. The number of furan rings is 1. The Morgan fingerprint density at radius 1 is 1.23 bits per heavy atom. The zero-order valence-electron chi connectivity index (χ0n) is 16.0. The second kappa shape index (κ2) is 8.52. The van der Waals surface area contributed by atoms with Gasteiger partial charge in [-0.25, -0.2) is 13.1 Å². The van der Waals surface area contributed by atoms with Gasteiger partial charge in [0.15, 0.2) is 15.6 Å². The number of nitrogen functional groups attached to an aromatic ring is 1. The van der Waals surface area contributed by atoms with Gasteiger partial charge in [-0.1, -0.05) is 42.1 Å². The summed E-state index contributed by atoms with van der Waals surface area (Å²) in [5.41, 5.74) is 0.947. The van der Waals surface area contributed by atoms with Crippen molar-refractivity contribution in [1.82, 2.24) is 19.8 Å². The Hall–Kier alpha value is -2.79. The first kappa shape index (κ1) is 20.5. The molecule has 158 valence electrons. The quantitative estimate of drug-likeness (QED) is 0.427. The molecule has 0 saturated carbocycles. The van der Waals surface area contributed by atoms with Crippen LogP contribution in [0, 0.1) is 0 Å². The maximum absolute atomic E-state index is 13.1. The fourth-order valence-electron chi connectivity index (χ4n) is 3.38. The Kier molecular flexibility index (Phi) is 5.82. The Morgan fingerprint density at radius 3 is 2.70 bits per heavy atom. The number of thioether (sulfide) groups is 1. The predicted octanol–water partition coefficient (Wildman–Crippen LogP) is 1.56. The molecule has 0 bridgehead atoms. The number of nitrogens with two attached hydrogens (primary N) is 1. The largest absolute Gasteiger partial charge is 0.461 e. The van der Waals surface area contributed by atoms with Crippen LogP contribution < -0.4 is 5.84 Å². The highest BCUT2D eigenvalue weighted by molar-refractivity contribution is 7.99. The first-order valence-electron chi connectivity index (χ1n) is 9.34. The maximum Gasteiger partial charge on any atom is 0.233 e. The van der Waals surface area contributed by atoms with Crippen LogP contribution in [0.4, 0.5) is 0 Å². The van der Waals surface area contributed by atoms with Crippen LogP contribution in [-0.2, 0) is 21.2 Å². The standard InChI is InChI=1S/C19H21N5O4S2/c20-24-18(16-7-4-9-28-16)21-22-19(24)29-12-17(25)23(11-14-5-2-1-3-6-14)15-8-10-30(26,27)13-15/h1-7,9,15H,8,10-13,20H2. The summed E-state index contributed by atoms with van der Waals surface area (Å²) >= 11 is 1.15. The van der Waals surface area contributed by atoms with E-state index in [0.717, 1.165) is 17.3 Å². The van der Waals surface area contributed by atoms with Crippen molar-refractivity contribution >= 4 is 27.5 Å². The number of hydrogen-bond acceptors (Lipinski definition) is 8. The molecule has 2 aromatic heterocycles. The van der Waals surface area contributed by atoms with Crippen LogP contribution in [0.2, 0.25) is 0 Å². The minimum absolute atomic E-state index is 0.00798. The lowest BCUT2D eigenvalue weighted by atomic mass is 10.1. The van der Waals surface area contributed by atoms with Crippen LogP contribution in [0.3, 0.4) is 0 Å². The molecule has 11 heteroatoms. The third-order valence-electron chi connectivity index (χ3n) is 4.90. The molecular weight excluding hydrogens is 426 g/mol. The van der Waals surface area contributed by atoms with Crippen LogP contribution in [-0.4, -0.2) is 57.4 Å². The Morgan fingerprint density at radius 2 is 2.03 bits per heavy atom. The number of carbonyl (C=O) groups excluding carboxylic acids is 1. The monoisotopic (exact) mass is 447 g/mol. The van der Waals surface area contributed by atoms with Crippen molar-refractivity contribution in [3.63, 3.8) is 0 Å². The summed E-state index contributed by atoms with van der Waals surface area (Å²) in [4.78, 5) is 14.7. The van der Waals surface area contributed by atoms with E-state index in [1.54, 1.807) is 17.0 Å². The number of carbonyl (C=O) groups is 1. The molecule has 2 N–H and O–H groups in total. The number of aromatic nitrogens is 3. The normalized spacial score (nSPS) is 17.8. The Balaban J connectivity index is 1.48. The van der Waals surface area contributed by atoms with E-state index < -0.39 is 9.84 Å². The second-order valence-corrected chi connectivity index (χ2v) is 10.2. The molecule has 1 saturated heterocycles. The molecule has 1 aliphatic heterocycles. The third kappa shape index (κ3) is 4.51. The third-order valence-corrected chi connectivity index (χ3v) is 7.57. The Bertz CT molecular complexity index is 1110. The van der Waals surface area contributed by atoms with Gasteiger partial charge in [0.05, 0.1) is 23.5 Å². The van der Waals surface area contributed by atoms with Gasteiger partial charge in [0.2, 0.25) is 16.9 Å². The first-order chi connectivity index (χ1) is 14.4. The molecule has 1 aromatic carbocycles. The molecule has 1 unspecified atom stereocenters. The molecule has 0 spiro atoms. The average Bonchev–Trinajstić information content (AvgIpc) is 3.45. The number of rotatable bonds is 7. The van der Waals surface area contributed by atoms with E-state index in [2.05, 4.69) is 10.2 Å². The summed E-state index contributed by atoms with van der Waals surface area (Å²) in [5.74, 6) is 6.87. The van der Waals surface area contributed by atoms with Gasteiger partial charge in [-0.15, -0.1) is 10.2 Å². The van der Waals surface area contributed by atoms with E-state index in [1.807, 2.05) is 30.3 Å². The molecule has 4 rings (SSSR count). The SMILES string of the molecule is Nn1c(SCC(=O)N(Cc2ccccc2)C2CCS(=O)(=O)C2)nnc1-c1ccco1. The zero-order chi connectivity index (χ0) is 21.1. The molecular formula is C19H21N5O4S2. The van der Waals surface area contributed by atoms with Gasteiger partial charge < -0.3 is 15.2 Å². The molecule has 3 heterocycles. The highest BCUT2D eigenvalue weighted by Crippen LogP contribution is 2.25. The van der Waals surface area contributed by atoms with Gasteiger partial charge in [-0.05, 0) is 24.1 Å². The van der Waals surface area contributed by atoms with Gasteiger partial charge in [0, 0.05) is 12.6 Å². The van der Waals surface area contributed by atoms with Crippen LogP contribution in [0.1, 0.15) is 12.0 Å². The topological polar surface area (TPSA) is 124 Å². The van der Waals surface area contributed by atoms with Crippen molar-refractivity contribution in [2.45, 2.75) is 24.2 Å². The molecule has 1 aliphatic rings. The van der Waals surface area contributed by atoms with E-state index in [0.29, 0.717) is 29.7 Å². The van der Waals surface area contributed by atoms with E-state index in [9.17, 15) is 13.2 Å². The molecule has 9 nitrogen and oxygen atoms in total. The lowest BCUT2D eigenvalue weighted by molar-refractivity contribution is -0.130. The van der Waals surface area contributed by atoms with E-state index in [4.69, 9.17) is 10.3 Å². The smallest absolute Gasteiger partial charge is 0.233 e. The highest BCUT2D eigenvalue weighted by atomic mass is 32.2.